The fourth-order valence-corrected chi connectivity index (χ4v) is 13.4. The number of primary amides is 1. The number of alkyl halides is 4. The standard InChI is InChI=1S/C18H19FIN3O4/c1-20(2)14-12(23-17(25)18(14,20)19)8-27-16-10-7-13(26-3)11(15(21)24)6-9(10)4-5-22-16/h4-7,12,14H,1,8H2,2-3H3,(H2,21,24)(H,23,25)/t12-,14-,18-/m1/s1. The van der Waals surface area contributed by atoms with E-state index in [0.717, 1.165) is 0 Å². The summed E-state index contributed by atoms with van der Waals surface area (Å²) in [7, 11) is 1.44. The Morgan fingerprint density at radius 2 is 2.26 bits per heavy atom. The predicted molar refractivity (Wildman–Crippen MR) is 109 cm³/mol. The number of hydrogen-bond acceptors (Lipinski definition) is 5. The van der Waals surface area contributed by atoms with Crippen LogP contribution in [0.5, 0.6) is 11.6 Å². The van der Waals surface area contributed by atoms with Crippen LogP contribution < -0.4 is 20.5 Å². The van der Waals surface area contributed by atoms with E-state index in [1.54, 1.807) is 24.4 Å². The van der Waals surface area contributed by atoms with Crippen LogP contribution >= 0.6 is 18.0 Å². The van der Waals surface area contributed by atoms with Gasteiger partial charge in [-0.1, -0.05) is 0 Å². The minimum absolute atomic E-state index is 0.0997. The van der Waals surface area contributed by atoms with Crippen molar-refractivity contribution < 1.29 is 23.5 Å². The molecule has 144 valence electrons. The SMILES string of the molecule is C=I1(C)[C@@H]2[C@@H](COc3nccc4cc(C(N)=O)c(OC)cc34)NC(=O)[C@@]21F. The van der Waals surface area contributed by atoms with Crippen molar-refractivity contribution in [2.24, 2.45) is 5.73 Å². The molecule has 0 radical (unpaired) electrons. The van der Waals surface area contributed by atoms with Crippen LogP contribution in [0.15, 0.2) is 24.4 Å². The molecule has 1 unspecified atom stereocenters. The third-order valence-corrected chi connectivity index (χ3v) is 13.9. The van der Waals surface area contributed by atoms with E-state index in [9.17, 15) is 14.0 Å². The Morgan fingerprint density at radius 1 is 1.52 bits per heavy atom. The Hall–Kier alpha value is -2.30. The summed E-state index contributed by atoms with van der Waals surface area (Å²) in [6.07, 6.45) is 1.54. The second-order valence-electron chi connectivity index (χ2n) is 6.74. The number of benzene rings is 1. The van der Waals surface area contributed by atoms with Crippen LogP contribution in [0.25, 0.3) is 10.8 Å². The Bertz CT molecular complexity index is 1040. The maximum atomic E-state index is 14.8. The van der Waals surface area contributed by atoms with Gasteiger partial charge in [0.05, 0.1) is 0 Å². The summed E-state index contributed by atoms with van der Waals surface area (Å²) in [6, 6.07) is 4.55. The van der Waals surface area contributed by atoms with Gasteiger partial charge in [0.1, 0.15) is 0 Å². The Labute approximate surface area is 158 Å². The Kier molecular flexibility index (Phi) is 3.92. The molecule has 7 nitrogen and oxygen atoms in total. The minimum atomic E-state index is -2.94. The molecule has 3 N–H and O–H groups in total. The summed E-state index contributed by atoms with van der Waals surface area (Å²) in [5.74, 6) is -0.540. The third-order valence-electron chi connectivity index (χ3n) is 5.13. The van der Waals surface area contributed by atoms with E-state index in [1.807, 2.05) is 4.93 Å². The summed E-state index contributed by atoms with van der Waals surface area (Å²) < 4.78 is 27.7. The first-order valence-corrected chi connectivity index (χ1v) is 14.1. The number of hydrogen-bond donors (Lipinski definition) is 2. The van der Waals surface area contributed by atoms with Gasteiger partial charge in [-0.3, -0.25) is 0 Å². The van der Waals surface area contributed by atoms with Crippen molar-refractivity contribution in [3.63, 3.8) is 0 Å². The number of halogens is 2. The number of rotatable bonds is 5. The quantitative estimate of drug-likeness (QED) is 0.490. The van der Waals surface area contributed by atoms with Crippen LogP contribution in [0, 0.1) is 0 Å². The first-order chi connectivity index (χ1) is 12.7. The molecule has 1 aromatic heterocycles. The van der Waals surface area contributed by atoms with E-state index < -0.39 is 39.5 Å². The number of aromatic nitrogens is 1. The van der Waals surface area contributed by atoms with Crippen molar-refractivity contribution in [2.75, 3.05) is 18.6 Å². The fraction of sp³-hybridized carbons (Fsp3) is 0.333. The molecule has 0 aliphatic carbocycles. The zero-order chi connectivity index (χ0) is 19.6. The summed E-state index contributed by atoms with van der Waals surface area (Å²) in [6.45, 7) is 0.0997. The topological polar surface area (TPSA) is 104 Å². The van der Waals surface area contributed by atoms with Crippen LogP contribution in [-0.4, -0.2) is 53.6 Å². The third kappa shape index (κ3) is 2.43. The van der Waals surface area contributed by atoms with Crippen LogP contribution in [0.4, 0.5) is 4.39 Å². The van der Waals surface area contributed by atoms with E-state index in [1.165, 1.54) is 7.11 Å². The number of amides is 2. The van der Waals surface area contributed by atoms with Crippen molar-refractivity contribution in [3.05, 3.63) is 30.0 Å². The van der Waals surface area contributed by atoms with Gasteiger partial charge in [0.25, 0.3) is 0 Å². The molecule has 2 aliphatic heterocycles. The molecular weight excluding hydrogens is 468 g/mol. The maximum absolute atomic E-state index is 14.8. The number of nitrogens with zero attached hydrogens (tertiary/aromatic N) is 1. The van der Waals surface area contributed by atoms with Gasteiger partial charge in [-0.2, -0.15) is 0 Å². The number of fused-ring (bicyclic) bond motifs is 2. The normalized spacial score (nSPS) is 33.7. The van der Waals surface area contributed by atoms with Gasteiger partial charge in [-0.15, -0.1) is 0 Å². The van der Waals surface area contributed by atoms with Crippen molar-refractivity contribution >= 4 is 45.1 Å². The van der Waals surface area contributed by atoms with Crippen LogP contribution in [0.3, 0.4) is 0 Å². The van der Waals surface area contributed by atoms with Gasteiger partial charge in [-0.05, 0) is 0 Å². The molecule has 0 bridgehead atoms. The van der Waals surface area contributed by atoms with Gasteiger partial charge in [-0.25, -0.2) is 0 Å². The molecule has 0 spiro atoms. The predicted octanol–water partition coefficient (Wildman–Crippen LogP) is 1.37. The number of nitrogens with two attached hydrogens (primary N) is 1. The number of pyridine rings is 1. The van der Waals surface area contributed by atoms with E-state index in [2.05, 4.69) is 14.8 Å². The summed E-state index contributed by atoms with van der Waals surface area (Å²) in [5, 5.41) is 4.00. The van der Waals surface area contributed by atoms with Gasteiger partial charge >= 0.3 is 158 Å². The monoisotopic (exact) mass is 487 g/mol. The van der Waals surface area contributed by atoms with Crippen LogP contribution in [-0.2, 0) is 4.79 Å². The first-order valence-electron chi connectivity index (χ1n) is 8.12. The van der Waals surface area contributed by atoms with Gasteiger partial charge in [0.2, 0.25) is 0 Å². The molecule has 2 aromatic rings. The van der Waals surface area contributed by atoms with Crippen LogP contribution in [0.2, 0.25) is 0 Å². The zero-order valence-corrected chi connectivity index (χ0v) is 16.9. The number of carbonyl (C=O) groups is 2. The average Bonchev–Trinajstić information content (AvgIpc) is 2.94. The molecule has 4 rings (SSSR count). The molecular formula is C18H19FIN3O4. The summed E-state index contributed by atoms with van der Waals surface area (Å²) >= 11 is -2.94. The van der Waals surface area contributed by atoms with Gasteiger partial charge in [0.15, 0.2) is 0 Å². The van der Waals surface area contributed by atoms with Crippen molar-refractivity contribution in [3.8, 4) is 11.6 Å². The fourth-order valence-electron chi connectivity index (χ4n) is 3.67. The van der Waals surface area contributed by atoms with Crippen molar-refractivity contribution in [2.45, 2.75) is 13.6 Å². The molecule has 0 saturated carbocycles. The second kappa shape index (κ2) is 5.85. The average molecular weight is 487 g/mol. The van der Waals surface area contributed by atoms with E-state index >= 15 is 0 Å². The number of nitrogens with one attached hydrogen (secondary N) is 1. The summed E-state index contributed by atoms with van der Waals surface area (Å²) in [4.78, 5) is 29.6. The van der Waals surface area contributed by atoms with Crippen molar-refractivity contribution in [1.29, 1.82) is 0 Å². The second-order valence-corrected chi connectivity index (χ2v) is 15.8. The molecule has 2 amide bonds. The number of ether oxygens (including phenoxy) is 2. The number of methoxy groups -OCH3 is 1. The molecule has 27 heavy (non-hydrogen) atoms. The molecule has 3 heterocycles. The van der Waals surface area contributed by atoms with Gasteiger partial charge < -0.3 is 0 Å². The Morgan fingerprint density at radius 3 is 2.85 bits per heavy atom. The molecule has 2 fully saturated rings. The number of carbonyl (C=O) groups excluding carboxylic acids is 2. The van der Waals surface area contributed by atoms with Crippen molar-refractivity contribution in [1.82, 2.24) is 10.3 Å². The molecule has 1 aromatic carbocycles. The van der Waals surface area contributed by atoms with E-state index in [4.69, 9.17) is 15.2 Å². The zero-order valence-electron chi connectivity index (χ0n) is 14.8. The van der Waals surface area contributed by atoms with E-state index in [0.29, 0.717) is 22.4 Å². The molecule has 2 aliphatic rings. The summed E-state index contributed by atoms with van der Waals surface area (Å²) in [5.41, 5.74) is 5.64. The van der Waals surface area contributed by atoms with Crippen LogP contribution in [0.1, 0.15) is 10.4 Å². The molecule has 9 heteroatoms. The Balaban J connectivity index is 1.63. The van der Waals surface area contributed by atoms with E-state index in [-0.39, 0.29) is 16.1 Å². The molecule has 4 atom stereocenters. The van der Waals surface area contributed by atoms with Gasteiger partial charge in [0, 0.05) is 0 Å². The molecule has 2 saturated heterocycles. The first kappa shape index (κ1) is 18.1.